The minimum atomic E-state index is 0.339. The Hall–Kier alpha value is -3.62. The molecule has 1 aliphatic heterocycles. The number of benzene rings is 2. The summed E-state index contributed by atoms with van der Waals surface area (Å²) in [6, 6.07) is 14.9. The van der Waals surface area contributed by atoms with E-state index in [-0.39, 0.29) is 0 Å². The third kappa shape index (κ3) is 5.78. The first-order chi connectivity index (χ1) is 17.5. The Labute approximate surface area is 215 Å². The maximum atomic E-state index is 6.48. The second-order valence-electron chi connectivity index (χ2n) is 9.07. The van der Waals surface area contributed by atoms with Gasteiger partial charge in [-0.05, 0) is 75.3 Å². The monoisotopic (exact) mass is 504 g/mol. The standard InChI is InChI=1S/C27H29ClN6O2/c1-34-10-7-18(8-11-34)15-35-26-14-24-21(13-23(26)29)27(32-17-31-24)33-19-5-6-25(22(28)12-19)36-16-20-4-2-3-9-30-20/h2-6,9,12-14,17-18H,7-8,10-11,15-16,29H2,1H3,(H,31,32,33). The average Bonchev–Trinajstić information content (AvgIpc) is 2.89. The quantitative estimate of drug-likeness (QED) is 0.312. The van der Waals surface area contributed by atoms with E-state index >= 15 is 0 Å². The molecule has 0 radical (unpaired) electrons. The number of nitrogens with zero attached hydrogens (tertiary/aromatic N) is 4. The Kier molecular flexibility index (Phi) is 7.34. The zero-order valence-electron chi connectivity index (χ0n) is 20.2. The first-order valence-corrected chi connectivity index (χ1v) is 12.4. The normalized spacial score (nSPS) is 14.6. The summed E-state index contributed by atoms with van der Waals surface area (Å²) in [6.07, 6.45) is 5.52. The molecule has 0 spiro atoms. The first-order valence-electron chi connectivity index (χ1n) is 12.0. The first kappa shape index (κ1) is 24.1. The molecule has 0 atom stereocenters. The molecular weight excluding hydrogens is 476 g/mol. The number of rotatable bonds is 8. The van der Waals surface area contributed by atoms with Crippen molar-refractivity contribution in [2.45, 2.75) is 19.4 Å². The lowest BCUT2D eigenvalue weighted by molar-refractivity contribution is 0.160. The highest BCUT2D eigenvalue weighted by Gasteiger charge is 2.18. The predicted molar refractivity (Wildman–Crippen MR) is 143 cm³/mol. The number of nitrogens with two attached hydrogens (primary N) is 1. The van der Waals surface area contributed by atoms with Gasteiger partial charge in [-0.25, -0.2) is 9.97 Å². The predicted octanol–water partition coefficient (Wildman–Crippen LogP) is 5.30. The molecule has 5 rings (SSSR count). The van der Waals surface area contributed by atoms with Crippen molar-refractivity contribution in [2.24, 2.45) is 5.92 Å². The minimum absolute atomic E-state index is 0.339. The zero-order chi connectivity index (χ0) is 24.9. The van der Waals surface area contributed by atoms with Crippen molar-refractivity contribution in [2.75, 3.05) is 37.8 Å². The molecule has 1 fully saturated rings. The summed E-state index contributed by atoms with van der Waals surface area (Å²) in [5, 5.41) is 4.60. The highest BCUT2D eigenvalue weighted by molar-refractivity contribution is 6.32. The van der Waals surface area contributed by atoms with Gasteiger partial charge in [0.05, 0.1) is 28.5 Å². The van der Waals surface area contributed by atoms with E-state index in [2.05, 4.69) is 32.2 Å². The third-order valence-corrected chi connectivity index (χ3v) is 6.67. The Morgan fingerprint density at radius 3 is 2.67 bits per heavy atom. The van der Waals surface area contributed by atoms with Gasteiger partial charge in [0.1, 0.15) is 30.3 Å². The highest BCUT2D eigenvalue weighted by atomic mass is 35.5. The number of hydrogen-bond donors (Lipinski definition) is 2. The fourth-order valence-corrected chi connectivity index (χ4v) is 4.46. The van der Waals surface area contributed by atoms with Gasteiger partial charge in [0.2, 0.25) is 0 Å². The minimum Gasteiger partial charge on any atom is -0.491 e. The highest BCUT2D eigenvalue weighted by Crippen LogP contribution is 2.34. The van der Waals surface area contributed by atoms with Gasteiger partial charge >= 0.3 is 0 Å². The van der Waals surface area contributed by atoms with Crippen molar-refractivity contribution in [3.05, 3.63) is 71.8 Å². The van der Waals surface area contributed by atoms with Gasteiger partial charge in [0.15, 0.2) is 0 Å². The topological polar surface area (TPSA) is 98.4 Å². The number of likely N-dealkylation sites (tertiary alicyclic amines) is 1. The number of nitrogens with one attached hydrogen (secondary N) is 1. The molecule has 0 bridgehead atoms. The SMILES string of the molecule is CN1CCC(COc2cc3ncnc(Nc4ccc(OCc5ccccn5)c(Cl)c4)c3cc2N)CC1. The van der Waals surface area contributed by atoms with Crippen LogP contribution < -0.4 is 20.5 Å². The third-order valence-electron chi connectivity index (χ3n) is 6.38. The molecule has 2 aromatic carbocycles. The zero-order valence-corrected chi connectivity index (χ0v) is 20.9. The molecule has 1 aliphatic rings. The van der Waals surface area contributed by atoms with Crippen LogP contribution in [0.2, 0.25) is 5.02 Å². The van der Waals surface area contributed by atoms with E-state index in [1.54, 1.807) is 12.3 Å². The number of anilines is 3. The number of nitrogen functional groups attached to an aromatic ring is 1. The maximum absolute atomic E-state index is 6.48. The van der Waals surface area contributed by atoms with Gasteiger partial charge in [0, 0.05) is 23.3 Å². The van der Waals surface area contributed by atoms with Crippen LogP contribution in [0, 0.1) is 5.92 Å². The van der Waals surface area contributed by atoms with E-state index in [1.807, 2.05) is 42.5 Å². The summed E-state index contributed by atoms with van der Waals surface area (Å²) >= 11 is 6.48. The van der Waals surface area contributed by atoms with Crippen LogP contribution in [-0.2, 0) is 6.61 Å². The maximum Gasteiger partial charge on any atom is 0.144 e. The molecule has 3 heterocycles. The lowest BCUT2D eigenvalue weighted by Gasteiger charge is -2.28. The molecule has 36 heavy (non-hydrogen) atoms. The van der Waals surface area contributed by atoms with Crippen molar-refractivity contribution >= 4 is 39.7 Å². The smallest absolute Gasteiger partial charge is 0.144 e. The van der Waals surface area contributed by atoms with Crippen LogP contribution in [-0.4, -0.2) is 46.6 Å². The summed E-state index contributed by atoms with van der Waals surface area (Å²) in [4.78, 5) is 15.5. The van der Waals surface area contributed by atoms with Gasteiger partial charge < -0.3 is 25.4 Å². The van der Waals surface area contributed by atoms with Gasteiger partial charge in [0.25, 0.3) is 0 Å². The molecule has 4 aromatic rings. The Morgan fingerprint density at radius 2 is 1.89 bits per heavy atom. The summed E-state index contributed by atoms with van der Waals surface area (Å²) in [7, 11) is 2.16. The molecule has 8 nitrogen and oxygen atoms in total. The second kappa shape index (κ2) is 11.0. The number of pyridine rings is 1. The van der Waals surface area contributed by atoms with Crippen LogP contribution in [0.3, 0.4) is 0 Å². The van der Waals surface area contributed by atoms with Crippen molar-refractivity contribution < 1.29 is 9.47 Å². The Balaban J connectivity index is 1.28. The molecule has 0 aliphatic carbocycles. The number of aromatic nitrogens is 3. The molecule has 186 valence electrons. The van der Waals surface area contributed by atoms with Gasteiger partial charge in [-0.2, -0.15) is 0 Å². The molecule has 2 aromatic heterocycles. The molecule has 3 N–H and O–H groups in total. The molecule has 0 unspecified atom stereocenters. The van der Waals surface area contributed by atoms with E-state index in [9.17, 15) is 0 Å². The van der Waals surface area contributed by atoms with Crippen molar-refractivity contribution in [3.8, 4) is 11.5 Å². The summed E-state index contributed by atoms with van der Waals surface area (Å²) in [6.45, 7) is 3.20. The summed E-state index contributed by atoms with van der Waals surface area (Å²) in [5.41, 5.74) is 9.26. The molecule has 0 amide bonds. The van der Waals surface area contributed by atoms with Crippen LogP contribution in [0.15, 0.2) is 61.1 Å². The number of fused-ring (bicyclic) bond motifs is 1. The van der Waals surface area contributed by atoms with Crippen molar-refractivity contribution in [1.82, 2.24) is 19.9 Å². The lowest BCUT2D eigenvalue weighted by atomic mass is 9.98. The van der Waals surface area contributed by atoms with Crippen LogP contribution in [0.4, 0.5) is 17.2 Å². The lowest BCUT2D eigenvalue weighted by Crippen LogP contribution is -2.32. The largest absolute Gasteiger partial charge is 0.491 e. The summed E-state index contributed by atoms with van der Waals surface area (Å²) in [5.74, 6) is 2.41. The van der Waals surface area contributed by atoms with Crippen LogP contribution >= 0.6 is 11.6 Å². The Morgan fingerprint density at radius 1 is 1.03 bits per heavy atom. The Bertz CT molecular complexity index is 1330. The second-order valence-corrected chi connectivity index (χ2v) is 9.47. The van der Waals surface area contributed by atoms with Crippen molar-refractivity contribution in [1.29, 1.82) is 0 Å². The number of hydrogen-bond acceptors (Lipinski definition) is 8. The fraction of sp³-hybridized carbons (Fsp3) is 0.296. The summed E-state index contributed by atoms with van der Waals surface area (Å²) < 4.78 is 11.9. The van der Waals surface area contributed by atoms with E-state index < -0.39 is 0 Å². The van der Waals surface area contributed by atoms with E-state index in [4.69, 9.17) is 26.8 Å². The van der Waals surface area contributed by atoms with Crippen LogP contribution in [0.1, 0.15) is 18.5 Å². The van der Waals surface area contributed by atoms with E-state index in [0.717, 1.165) is 48.2 Å². The van der Waals surface area contributed by atoms with Crippen molar-refractivity contribution in [3.63, 3.8) is 0 Å². The number of halogens is 1. The average molecular weight is 505 g/mol. The van der Waals surface area contributed by atoms with Crippen LogP contribution in [0.5, 0.6) is 11.5 Å². The number of piperidine rings is 1. The number of ether oxygens (including phenoxy) is 2. The molecular formula is C27H29ClN6O2. The molecule has 0 saturated carbocycles. The molecule has 9 heteroatoms. The fourth-order valence-electron chi connectivity index (χ4n) is 4.23. The van der Waals surface area contributed by atoms with E-state index in [1.165, 1.54) is 6.33 Å². The molecule has 1 saturated heterocycles. The van der Waals surface area contributed by atoms with Gasteiger partial charge in [-0.1, -0.05) is 17.7 Å². The van der Waals surface area contributed by atoms with Gasteiger partial charge in [-0.3, -0.25) is 4.98 Å². The van der Waals surface area contributed by atoms with Crippen LogP contribution in [0.25, 0.3) is 10.9 Å². The van der Waals surface area contributed by atoms with E-state index in [0.29, 0.717) is 47.2 Å². The van der Waals surface area contributed by atoms with Gasteiger partial charge in [-0.15, -0.1) is 0 Å².